The molecule has 0 radical (unpaired) electrons. The number of hydrogen-bond acceptors (Lipinski definition) is 3. The summed E-state index contributed by atoms with van der Waals surface area (Å²) < 4.78 is 2.05. The molecule has 0 saturated carbocycles. The Bertz CT molecular complexity index is 1120. The molecule has 4 rings (SSSR count). The number of likely N-dealkylation sites (N-methyl/N-ethyl adjacent to an activating group) is 1. The molecule has 0 N–H and O–H groups in total. The number of amides is 2. The van der Waals surface area contributed by atoms with Crippen LogP contribution in [-0.2, 0) is 11.3 Å². The summed E-state index contributed by atoms with van der Waals surface area (Å²) in [6.45, 7) is 2.66. The van der Waals surface area contributed by atoms with Crippen LogP contribution in [0.15, 0.2) is 53.6 Å². The van der Waals surface area contributed by atoms with Gasteiger partial charge in [-0.05, 0) is 43.0 Å². The highest BCUT2D eigenvalue weighted by Crippen LogP contribution is 2.34. The van der Waals surface area contributed by atoms with Gasteiger partial charge in [-0.15, -0.1) is 0 Å². The first-order valence-corrected chi connectivity index (χ1v) is 10.3. The molecule has 1 aliphatic heterocycles. The zero-order valence-electron chi connectivity index (χ0n) is 15.0. The topological polar surface area (TPSA) is 42.3 Å². The molecule has 28 heavy (non-hydrogen) atoms. The van der Waals surface area contributed by atoms with Crippen LogP contribution in [0.25, 0.3) is 17.0 Å². The summed E-state index contributed by atoms with van der Waals surface area (Å²) in [5, 5.41) is 1.98. The zero-order valence-corrected chi connectivity index (χ0v) is 17.3. The normalized spacial score (nSPS) is 16.0. The molecule has 0 bridgehead atoms. The van der Waals surface area contributed by atoms with E-state index in [4.69, 9.17) is 23.2 Å². The van der Waals surface area contributed by atoms with Crippen molar-refractivity contribution in [2.45, 2.75) is 13.5 Å². The molecule has 2 aromatic carbocycles. The number of para-hydroxylation sites is 1. The van der Waals surface area contributed by atoms with Gasteiger partial charge in [-0.1, -0.05) is 47.5 Å². The Kier molecular flexibility index (Phi) is 5.23. The summed E-state index contributed by atoms with van der Waals surface area (Å²) in [6, 6.07) is 13.4. The van der Waals surface area contributed by atoms with Crippen molar-refractivity contribution < 1.29 is 9.59 Å². The van der Waals surface area contributed by atoms with Crippen LogP contribution in [0.5, 0.6) is 0 Å². The van der Waals surface area contributed by atoms with Crippen LogP contribution in [-0.4, -0.2) is 27.2 Å². The number of imide groups is 1. The maximum Gasteiger partial charge on any atom is 0.293 e. The minimum atomic E-state index is -0.247. The number of carbonyl (C=O) groups excluding carboxylic acids is 2. The highest BCUT2D eigenvalue weighted by Gasteiger charge is 2.33. The molecule has 1 aliphatic rings. The van der Waals surface area contributed by atoms with E-state index >= 15 is 0 Å². The molecule has 4 nitrogen and oxygen atoms in total. The van der Waals surface area contributed by atoms with Crippen molar-refractivity contribution in [3.63, 3.8) is 0 Å². The van der Waals surface area contributed by atoms with Gasteiger partial charge < -0.3 is 4.57 Å². The standard InChI is InChI=1S/C21H16Cl2N2O2S/c1-2-25-20(26)19(28-21(25)27)10-13-11-24(18-9-4-3-6-14(13)18)12-15-16(22)7-5-8-17(15)23/h3-11H,2,12H2,1H3/b19-10-. The van der Waals surface area contributed by atoms with Gasteiger partial charge in [0.2, 0.25) is 0 Å². The van der Waals surface area contributed by atoms with Crippen LogP contribution in [0.2, 0.25) is 10.0 Å². The molecule has 0 spiro atoms. The fraction of sp³-hybridized carbons (Fsp3) is 0.143. The van der Waals surface area contributed by atoms with E-state index in [0.717, 1.165) is 33.8 Å². The van der Waals surface area contributed by atoms with Crippen molar-refractivity contribution in [3.8, 4) is 0 Å². The van der Waals surface area contributed by atoms with Gasteiger partial charge in [-0.3, -0.25) is 14.5 Å². The number of hydrogen-bond donors (Lipinski definition) is 0. The van der Waals surface area contributed by atoms with Gasteiger partial charge in [0, 0.05) is 44.8 Å². The minimum absolute atomic E-state index is 0.231. The number of rotatable bonds is 4. The summed E-state index contributed by atoms with van der Waals surface area (Å²) in [6.07, 6.45) is 3.75. The Morgan fingerprint density at radius 1 is 1.04 bits per heavy atom. The van der Waals surface area contributed by atoms with E-state index in [0.29, 0.717) is 28.0 Å². The summed E-state index contributed by atoms with van der Waals surface area (Å²) in [4.78, 5) is 26.1. The Morgan fingerprint density at radius 3 is 2.43 bits per heavy atom. The lowest BCUT2D eigenvalue weighted by Crippen LogP contribution is -2.27. The third-order valence-electron chi connectivity index (χ3n) is 4.69. The lowest BCUT2D eigenvalue weighted by Gasteiger charge is -2.09. The molecule has 0 aliphatic carbocycles. The van der Waals surface area contributed by atoms with Crippen LogP contribution in [0.4, 0.5) is 4.79 Å². The van der Waals surface area contributed by atoms with Crippen molar-refractivity contribution in [3.05, 3.63) is 74.7 Å². The number of carbonyl (C=O) groups is 2. The monoisotopic (exact) mass is 430 g/mol. The molecular weight excluding hydrogens is 415 g/mol. The van der Waals surface area contributed by atoms with Crippen LogP contribution in [0, 0.1) is 0 Å². The molecule has 1 saturated heterocycles. The Morgan fingerprint density at radius 2 is 1.75 bits per heavy atom. The van der Waals surface area contributed by atoms with Crippen molar-refractivity contribution in [2.75, 3.05) is 6.54 Å². The van der Waals surface area contributed by atoms with E-state index in [2.05, 4.69) is 4.57 Å². The molecule has 0 atom stereocenters. The average molecular weight is 431 g/mol. The van der Waals surface area contributed by atoms with E-state index in [1.165, 1.54) is 4.90 Å². The fourth-order valence-electron chi connectivity index (χ4n) is 3.29. The van der Waals surface area contributed by atoms with E-state index in [-0.39, 0.29) is 11.1 Å². The van der Waals surface area contributed by atoms with Crippen LogP contribution in [0.1, 0.15) is 18.1 Å². The minimum Gasteiger partial charge on any atom is -0.342 e. The predicted octanol–water partition coefficient (Wildman–Crippen LogP) is 6.05. The van der Waals surface area contributed by atoms with Gasteiger partial charge in [0.15, 0.2) is 0 Å². The third kappa shape index (κ3) is 3.34. The maximum atomic E-state index is 12.4. The molecule has 2 amide bonds. The largest absolute Gasteiger partial charge is 0.342 e. The van der Waals surface area contributed by atoms with Crippen LogP contribution >= 0.6 is 35.0 Å². The molecule has 1 fully saturated rings. The van der Waals surface area contributed by atoms with Gasteiger partial charge in [-0.25, -0.2) is 0 Å². The first-order chi connectivity index (χ1) is 13.5. The van der Waals surface area contributed by atoms with Gasteiger partial charge >= 0.3 is 0 Å². The lowest BCUT2D eigenvalue weighted by atomic mass is 10.1. The number of fused-ring (bicyclic) bond motifs is 1. The van der Waals surface area contributed by atoms with Crippen molar-refractivity contribution >= 4 is 63.1 Å². The third-order valence-corrected chi connectivity index (χ3v) is 6.30. The highest BCUT2D eigenvalue weighted by atomic mass is 35.5. The zero-order chi connectivity index (χ0) is 19.8. The molecule has 3 aromatic rings. The van der Waals surface area contributed by atoms with E-state index in [1.807, 2.05) is 48.7 Å². The number of halogens is 2. The SMILES string of the molecule is CCN1C(=O)S/C(=C\c2cn(Cc3c(Cl)cccc3Cl)c3ccccc23)C1=O. The summed E-state index contributed by atoms with van der Waals surface area (Å²) in [5.74, 6) is -0.247. The first-order valence-electron chi connectivity index (χ1n) is 8.75. The molecule has 7 heteroatoms. The second-order valence-electron chi connectivity index (χ2n) is 6.36. The summed E-state index contributed by atoms with van der Waals surface area (Å²) in [7, 11) is 0. The highest BCUT2D eigenvalue weighted by molar-refractivity contribution is 8.18. The molecule has 142 valence electrons. The smallest absolute Gasteiger partial charge is 0.293 e. The number of nitrogens with zero attached hydrogens (tertiary/aromatic N) is 2. The number of benzene rings is 2. The second kappa shape index (κ2) is 7.66. The molecule has 0 unspecified atom stereocenters. The molecular formula is C21H16Cl2N2O2S. The number of aromatic nitrogens is 1. The first kappa shape index (κ1) is 19.1. The lowest BCUT2D eigenvalue weighted by molar-refractivity contribution is -0.122. The van der Waals surface area contributed by atoms with Gasteiger partial charge in [0.25, 0.3) is 11.1 Å². The van der Waals surface area contributed by atoms with E-state index in [9.17, 15) is 9.59 Å². The van der Waals surface area contributed by atoms with Crippen molar-refractivity contribution in [1.29, 1.82) is 0 Å². The van der Waals surface area contributed by atoms with E-state index < -0.39 is 0 Å². The van der Waals surface area contributed by atoms with Crippen LogP contribution in [0.3, 0.4) is 0 Å². The van der Waals surface area contributed by atoms with Gasteiger partial charge in [-0.2, -0.15) is 0 Å². The van der Waals surface area contributed by atoms with Gasteiger partial charge in [0.1, 0.15) is 0 Å². The number of thioether (sulfide) groups is 1. The average Bonchev–Trinajstić information content (AvgIpc) is 3.15. The molecule has 1 aromatic heterocycles. The second-order valence-corrected chi connectivity index (χ2v) is 8.16. The fourth-order valence-corrected chi connectivity index (χ4v) is 4.70. The molecule has 2 heterocycles. The van der Waals surface area contributed by atoms with Gasteiger partial charge in [0.05, 0.1) is 11.4 Å². The van der Waals surface area contributed by atoms with Crippen LogP contribution < -0.4 is 0 Å². The summed E-state index contributed by atoms with van der Waals surface area (Å²) in [5.41, 5.74) is 2.71. The predicted molar refractivity (Wildman–Crippen MR) is 116 cm³/mol. The maximum absolute atomic E-state index is 12.4. The quantitative estimate of drug-likeness (QED) is 0.472. The van der Waals surface area contributed by atoms with E-state index in [1.54, 1.807) is 13.0 Å². The van der Waals surface area contributed by atoms with Crippen molar-refractivity contribution in [2.24, 2.45) is 0 Å². The Balaban J connectivity index is 1.79. The Hall–Kier alpha value is -2.21. The Labute approximate surface area is 176 Å². The summed E-state index contributed by atoms with van der Waals surface area (Å²) >= 11 is 13.7. The van der Waals surface area contributed by atoms with Crippen molar-refractivity contribution in [1.82, 2.24) is 9.47 Å².